The van der Waals surface area contributed by atoms with Crippen molar-refractivity contribution in [2.45, 2.75) is 76.8 Å². The highest BCUT2D eigenvalue weighted by Gasteiger charge is 2.32. The summed E-state index contributed by atoms with van der Waals surface area (Å²) < 4.78 is 5.75. The van der Waals surface area contributed by atoms with Gasteiger partial charge in [-0.05, 0) is 32.2 Å². The van der Waals surface area contributed by atoms with Gasteiger partial charge in [-0.3, -0.25) is 4.79 Å². The van der Waals surface area contributed by atoms with Gasteiger partial charge in [0.1, 0.15) is 5.76 Å². The fourth-order valence-corrected chi connectivity index (χ4v) is 3.65. The van der Waals surface area contributed by atoms with E-state index in [0.717, 1.165) is 25.1 Å². The van der Waals surface area contributed by atoms with Crippen LogP contribution in [-0.4, -0.2) is 41.0 Å². The molecule has 3 heterocycles. The Morgan fingerprint density at radius 1 is 1.39 bits per heavy atom. The van der Waals surface area contributed by atoms with Gasteiger partial charge in [-0.1, -0.05) is 20.8 Å². The van der Waals surface area contributed by atoms with E-state index in [2.05, 4.69) is 36.0 Å². The van der Waals surface area contributed by atoms with Crippen LogP contribution in [0, 0.1) is 0 Å². The van der Waals surface area contributed by atoms with E-state index in [-0.39, 0.29) is 11.3 Å². The van der Waals surface area contributed by atoms with E-state index in [1.54, 1.807) is 6.20 Å². The molecule has 1 N–H and O–H groups in total. The molecule has 0 radical (unpaired) electrons. The Balaban J connectivity index is 1.44. The molecule has 128 valence electrons. The summed E-state index contributed by atoms with van der Waals surface area (Å²) in [5.74, 6) is 1.66. The number of oxazole rings is 1. The average Bonchev–Trinajstić information content (AvgIpc) is 3.13. The second kappa shape index (κ2) is 6.63. The van der Waals surface area contributed by atoms with Crippen molar-refractivity contribution in [3.63, 3.8) is 0 Å². The van der Waals surface area contributed by atoms with E-state index in [9.17, 15) is 4.79 Å². The molecule has 0 unspecified atom stereocenters. The summed E-state index contributed by atoms with van der Waals surface area (Å²) in [6, 6.07) is 1.03. The highest BCUT2D eigenvalue weighted by atomic mass is 16.4. The summed E-state index contributed by atoms with van der Waals surface area (Å²) in [4.78, 5) is 19.1. The highest BCUT2D eigenvalue weighted by Crippen LogP contribution is 2.27. The van der Waals surface area contributed by atoms with E-state index < -0.39 is 0 Å². The van der Waals surface area contributed by atoms with E-state index >= 15 is 0 Å². The second-order valence-corrected chi connectivity index (χ2v) is 7.99. The zero-order chi connectivity index (χ0) is 16.4. The number of rotatable bonds is 4. The molecule has 0 aliphatic carbocycles. The van der Waals surface area contributed by atoms with Gasteiger partial charge in [-0.2, -0.15) is 0 Å². The first kappa shape index (κ1) is 16.5. The monoisotopic (exact) mass is 319 g/mol. The number of amides is 1. The third-order valence-corrected chi connectivity index (χ3v) is 5.04. The summed E-state index contributed by atoms with van der Waals surface area (Å²) in [5.41, 5.74) is -0.0389. The minimum atomic E-state index is -0.0389. The minimum absolute atomic E-state index is 0.0389. The number of aromatic nitrogens is 1. The van der Waals surface area contributed by atoms with Crippen LogP contribution >= 0.6 is 0 Å². The zero-order valence-electron chi connectivity index (χ0n) is 14.6. The summed E-state index contributed by atoms with van der Waals surface area (Å²) in [6.45, 7) is 8.66. The van der Waals surface area contributed by atoms with E-state index in [1.807, 2.05) is 0 Å². The summed E-state index contributed by atoms with van der Waals surface area (Å²) in [6.07, 6.45) is 7.60. The van der Waals surface area contributed by atoms with E-state index in [1.165, 1.54) is 19.4 Å². The number of fused-ring (bicyclic) bond motifs is 1. The maximum absolute atomic E-state index is 12.2. The Bertz CT molecular complexity index is 547. The van der Waals surface area contributed by atoms with Crippen LogP contribution in [-0.2, 0) is 16.6 Å². The van der Waals surface area contributed by atoms with Gasteiger partial charge in [-0.25, -0.2) is 4.98 Å². The van der Waals surface area contributed by atoms with Crippen LogP contribution in [0.3, 0.4) is 0 Å². The van der Waals surface area contributed by atoms with Crippen molar-refractivity contribution < 1.29 is 9.21 Å². The summed E-state index contributed by atoms with van der Waals surface area (Å²) in [5, 5.41) is 3.20. The molecule has 2 aliphatic rings. The zero-order valence-corrected chi connectivity index (χ0v) is 14.6. The van der Waals surface area contributed by atoms with Gasteiger partial charge >= 0.3 is 0 Å². The normalized spacial score (nSPS) is 25.3. The Labute approximate surface area is 138 Å². The second-order valence-electron chi connectivity index (χ2n) is 7.99. The predicted molar refractivity (Wildman–Crippen MR) is 89.3 cm³/mol. The largest absolute Gasteiger partial charge is 0.445 e. The smallest absolute Gasteiger partial charge is 0.220 e. The molecule has 1 aromatic heterocycles. The molecular weight excluding hydrogens is 290 g/mol. The quantitative estimate of drug-likeness (QED) is 0.927. The van der Waals surface area contributed by atoms with E-state index in [0.29, 0.717) is 30.8 Å². The molecule has 0 spiro atoms. The fourth-order valence-electron chi connectivity index (χ4n) is 3.65. The molecule has 2 saturated heterocycles. The number of hydrogen-bond donors (Lipinski definition) is 1. The number of carbonyl (C=O) groups excluding carboxylic acids is 1. The molecule has 0 bridgehead atoms. The summed E-state index contributed by atoms with van der Waals surface area (Å²) in [7, 11) is 0. The third kappa shape index (κ3) is 4.14. The van der Waals surface area contributed by atoms with Crippen LogP contribution in [0.1, 0.15) is 64.5 Å². The van der Waals surface area contributed by atoms with Crippen molar-refractivity contribution in [1.82, 2.24) is 15.2 Å². The molecule has 5 heteroatoms. The molecule has 0 saturated carbocycles. The molecule has 3 rings (SSSR count). The van der Waals surface area contributed by atoms with Crippen LogP contribution < -0.4 is 5.32 Å². The van der Waals surface area contributed by atoms with Crippen LogP contribution in [0.15, 0.2) is 10.6 Å². The number of carbonyl (C=O) groups is 1. The van der Waals surface area contributed by atoms with Crippen molar-refractivity contribution in [3.8, 4) is 0 Å². The molecule has 0 aromatic carbocycles. The number of piperidine rings is 1. The minimum Gasteiger partial charge on any atom is -0.445 e. The van der Waals surface area contributed by atoms with Gasteiger partial charge in [0, 0.05) is 36.9 Å². The van der Waals surface area contributed by atoms with Gasteiger partial charge in [0.2, 0.25) is 5.91 Å². The van der Waals surface area contributed by atoms with Crippen LogP contribution in [0.25, 0.3) is 0 Å². The molecule has 2 aliphatic heterocycles. The van der Waals surface area contributed by atoms with Crippen molar-refractivity contribution in [2.24, 2.45) is 0 Å². The van der Waals surface area contributed by atoms with E-state index in [4.69, 9.17) is 4.42 Å². The topological polar surface area (TPSA) is 58.4 Å². The predicted octanol–water partition coefficient (Wildman–Crippen LogP) is 2.65. The lowest BCUT2D eigenvalue weighted by Crippen LogP contribution is -2.47. The Hall–Kier alpha value is -1.36. The van der Waals surface area contributed by atoms with Crippen molar-refractivity contribution in [3.05, 3.63) is 17.8 Å². The Kier molecular flexibility index (Phi) is 4.76. The molecule has 23 heavy (non-hydrogen) atoms. The van der Waals surface area contributed by atoms with Gasteiger partial charge in [-0.15, -0.1) is 0 Å². The van der Waals surface area contributed by atoms with Gasteiger partial charge < -0.3 is 14.6 Å². The lowest BCUT2D eigenvalue weighted by atomic mass is 9.94. The van der Waals surface area contributed by atoms with Gasteiger partial charge in [0.25, 0.3) is 0 Å². The first-order valence-electron chi connectivity index (χ1n) is 8.90. The van der Waals surface area contributed by atoms with Gasteiger partial charge in [0.15, 0.2) is 5.89 Å². The van der Waals surface area contributed by atoms with Crippen LogP contribution in [0.4, 0.5) is 0 Å². The lowest BCUT2D eigenvalue weighted by Gasteiger charge is -2.35. The first-order chi connectivity index (χ1) is 10.9. The lowest BCUT2D eigenvalue weighted by molar-refractivity contribution is -0.122. The molecule has 5 nitrogen and oxygen atoms in total. The van der Waals surface area contributed by atoms with Crippen molar-refractivity contribution >= 4 is 5.91 Å². The number of hydrogen-bond acceptors (Lipinski definition) is 4. The summed E-state index contributed by atoms with van der Waals surface area (Å²) >= 11 is 0. The molecule has 1 aromatic rings. The number of nitrogens with zero attached hydrogens (tertiary/aromatic N) is 2. The van der Waals surface area contributed by atoms with Crippen LogP contribution in [0.2, 0.25) is 0 Å². The number of aryl methyl sites for hydroxylation is 1. The maximum Gasteiger partial charge on any atom is 0.220 e. The highest BCUT2D eigenvalue weighted by molar-refractivity contribution is 5.76. The standard InChI is InChI=1S/C18H29N3O2/c1-18(2,3)15-12-19-17(23-15)7-6-16(22)20-13-8-10-21-9-4-5-14(21)11-13/h12-14H,4-11H2,1-3H3,(H,20,22)/t13-,14-/m1/s1. The molecular formula is C18H29N3O2. The average molecular weight is 319 g/mol. The third-order valence-electron chi connectivity index (χ3n) is 5.04. The van der Waals surface area contributed by atoms with Gasteiger partial charge in [0.05, 0.1) is 6.20 Å². The SMILES string of the molecule is CC(C)(C)c1cnc(CCC(=O)N[C@@H]2CCN3CCC[C@@H]3C2)o1. The van der Waals surface area contributed by atoms with Crippen molar-refractivity contribution in [1.29, 1.82) is 0 Å². The molecule has 1 amide bonds. The number of nitrogens with one attached hydrogen (secondary N) is 1. The Morgan fingerprint density at radius 3 is 2.96 bits per heavy atom. The Morgan fingerprint density at radius 2 is 2.22 bits per heavy atom. The molecule has 2 fully saturated rings. The first-order valence-corrected chi connectivity index (χ1v) is 8.90. The van der Waals surface area contributed by atoms with Crippen LogP contribution in [0.5, 0.6) is 0 Å². The van der Waals surface area contributed by atoms with Crippen molar-refractivity contribution in [2.75, 3.05) is 13.1 Å². The maximum atomic E-state index is 12.2. The fraction of sp³-hybridized carbons (Fsp3) is 0.778. The molecule has 2 atom stereocenters.